The molecule has 4 aromatic carbocycles. The quantitative estimate of drug-likeness (QED) is 0.0430. The second-order valence-electron chi connectivity index (χ2n) is 19.5. The molecule has 0 saturated carbocycles. The zero-order valence-corrected chi connectivity index (χ0v) is 42.6. The number of carbonyl (C=O) groups is 7. The van der Waals surface area contributed by atoms with Crippen molar-refractivity contribution in [3.63, 3.8) is 0 Å². The van der Waals surface area contributed by atoms with E-state index in [2.05, 4.69) is 36.9 Å². The van der Waals surface area contributed by atoms with Crippen LogP contribution in [-0.2, 0) is 71.7 Å². The van der Waals surface area contributed by atoms with Gasteiger partial charge >= 0.3 is 12.4 Å². The van der Waals surface area contributed by atoms with E-state index in [0.29, 0.717) is 46.1 Å². The van der Waals surface area contributed by atoms with Crippen molar-refractivity contribution in [2.75, 3.05) is 13.1 Å². The molecule has 0 radical (unpaired) electrons. The Hall–Kier alpha value is -8.02. The highest BCUT2D eigenvalue weighted by Crippen LogP contribution is 2.36. The van der Waals surface area contributed by atoms with Crippen LogP contribution in [0.5, 0.6) is 5.75 Å². The maximum Gasteiger partial charge on any atom is 0.416 e. The molecule has 78 heavy (non-hydrogen) atoms. The number of carbonyl (C=O) groups excluding carboxylic acids is 7. The highest BCUT2D eigenvalue weighted by molar-refractivity contribution is 5.97. The topological polar surface area (TPSA) is 257 Å². The van der Waals surface area contributed by atoms with Gasteiger partial charge < -0.3 is 52.6 Å². The molecule has 17 nitrogen and oxygen atoms in total. The molecule has 24 heteroatoms. The van der Waals surface area contributed by atoms with E-state index < -0.39 is 126 Å². The third kappa shape index (κ3) is 16.5. The molecule has 1 aromatic heterocycles. The number of aromatic nitrogens is 1. The number of nitrogens with two attached hydrogens (primary N) is 1. The fraction of sp³-hybridized carbons (Fsp3) is 0.389. The van der Waals surface area contributed by atoms with Gasteiger partial charge in [0.05, 0.1) is 23.7 Å². The fourth-order valence-corrected chi connectivity index (χ4v) is 8.90. The summed E-state index contributed by atoms with van der Waals surface area (Å²) >= 11 is 0. The lowest BCUT2D eigenvalue weighted by Gasteiger charge is -2.30. The minimum absolute atomic E-state index is 0.00596. The van der Waals surface area contributed by atoms with E-state index in [1.54, 1.807) is 56.4 Å². The largest absolute Gasteiger partial charge is 0.508 e. The number of H-pyrrole nitrogens is 1. The van der Waals surface area contributed by atoms with Crippen molar-refractivity contribution in [3.05, 3.63) is 136 Å². The van der Waals surface area contributed by atoms with Crippen LogP contribution in [0.3, 0.4) is 0 Å². The molecule has 6 rings (SSSR count). The van der Waals surface area contributed by atoms with Crippen LogP contribution in [0.15, 0.2) is 97.2 Å². The normalized spacial score (nSPS) is 15.6. The Balaban J connectivity index is 1.15. The van der Waals surface area contributed by atoms with Crippen molar-refractivity contribution in [2.45, 2.75) is 114 Å². The lowest BCUT2D eigenvalue weighted by Crippen LogP contribution is -2.59. The Morgan fingerprint density at radius 2 is 1.32 bits per heavy atom. The summed E-state index contributed by atoms with van der Waals surface area (Å²) in [4.78, 5) is 101. The number of hydrogen-bond donors (Lipinski definition) is 9. The summed E-state index contributed by atoms with van der Waals surface area (Å²) in [5.41, 5.74) is 4.58. The van der Waals surface area contributed by atoms with Gasteiger partial charge in [-0.1, -0.05) is 56.3 Å². The van der Waals surface area contributed by atoms with E-state index in [4.69, 9.17) is 5.73 Å². The molecule has 0 spiro atoms. The van der Waals surface area contributed by atoms with Crippen LogP contribution in [0.2, 0.25) is 0 Å². The van der Waals surface area contributed by atoms with E-state index in [1.165, 1.54) is 36.1 Å². The number of aromatic hydroxyl groups is 1. The number of hydrogen-bond acceptors (Lipinski definition) is 9. The SMILES string of the molecule is CC(C)C[C@H](NC(=O)[C@@H]1CCCN1C(=O)[C@H](Cc1ccc(F)cc1)NC(=O)CNC(=O)[C@H](C)NC(=O)[C@@H](N)Cc1ccc(O)cc1)C(=O)N[C@@H](Cc1c[nH]c2ccccc12)C(=O)NCc1cc(C(F)(F)F)cc(C(F)(F)F)c1. The third-order valence-corrected chi connectivity index (χ3v) is 12.9. The summed E-state index contributed by atoms with van der Waals surface area (Å²) in [5, 5.41) is 25.3. The number of amides is 7. The molecule has 1 aliphatic heterocycles. The first-order chi connectivity index (χ1) is 36.7. The molecule has 10 N–H and O–H groups in total. The van der Waals surface area contributed by atoms with Crippen LogP contribution in [0, 0.1) is 11.7 Å². The maximum atomic E-state index is 14.5. The van der Waals surface area contributed by atoms with Gasteiger partial charge in [-0.25, -0.2) is 4.39 Å². The minimum atomic E-state index is -5.15. The number of nitrogens with one attached hydrogen (secondary N) is 7. The number of nitrogens with zero attached hydrogens (tertiary/aromatic N) is 1. The van der Waals surface area contributed by atoms with Crippen LogP contribution in [0.25, 0.3) is 10.9 Å². The van der Waals surface area contributed by atoms with Gasteiger partial charge in [0.1, 0.15) is 41.8 Å². The van der Waals surface area contributed by atoms with Gasteiger partial charge in [-0.3, -0.25) is 33.6 Å². The molecule has 0 bridgehead atoms. The van der Waals surface area contributed by atoms with E-state index in [0.717, 1.165) is 12.1 Å². The number of rotatable bonds is 22. The third-order valence-electron chi connectivity index (χ3n) is 12.9. The van der Waals surface area contributed by atoms with Crippen LogP contribution >= 0.6 is 0 Å². The first-order valence-corrected chi connectivity index (χ1v) is 24.9. The summed E-state index contributed by atoms with van der Waals surface area (Å²) in [5.74, 6) is -6.45. The number of benzene rings is 4. The Morgan fingerprint density at radius 1 is 0.692 bits per heavy atom. The van der Waals surface area contributed by atoms with Crippen molar-refractivity contribution in [3.8, 4) is 5.75 Å². The molecule has 1 saturated heterocycles. The van der Waals surface area contributed by atoms with Crippen LogP contribution in [-0.4, -0.2) is 106 Å². The predicted octanol–water partition coefficient (Wildman–Crippen LogP) is 4.83. The minimum Gasteiger partial charge on any atom is -0.508 e. The smallest absolute Gasteiger partial charge is 0.416 e. The highest BCUT2D eigenvalue weighted by Gasteiger charge is 2.40. The Labute approximate surface area is 443 Å². The monoisotopic (exact) mass is 1100 g/mol. The van der Waals surface area contributed by atoms with Gasteiger partial charge in [-0.15, -0.1) is 0 Å². The van der Waals surface area contributed by atoms with E-state index in [-0.39, 0.29) is 56.4 Å². The average molecular weight is 1100 g/mol. The number of halogens is 7. The Morgan fingerprint density at radius 3 is 1.96 bits per heavy atom. The molecule has 1 aliphatic rings. The van der Waals surface area contributed by atoms with Crippen molar-refractivity contribution in [1.29, 1.82) is 0 Å². The van der Waals surface area contributed by atoms with Crippen molar-refractivity contribution in [1.82, 2.24) is 41.8 Å². The zero-order chi connectivity index (χ0) is 57.1. The van der Waals surface area contributed by atoms with E-state index in [1.807, 2.05) is 0 Å². The number of alkyl halides is 6. The van der Waals surface area contributed by atoms with Crippen LogP contribution in [0.1, 0.15) is 73.4 Å². The summed E-state index contributed by atoms with van der Waals surface area (Å²) in [6.07, 6.45) is -8.62. The highest BCUT2D eigenvalue weighted by atomic mass is 19.4. The first-order valence-electron chi connectivity index (χ1n) is 24.9. The molecule has 1 fully saturated rings. The lowest BCUT2D eigenvalue weighted by atomic mass is 10.00. The molecule has 7 amide bonds. The van der Waals surface area contributed by atoms with Gasteiger partial charge in [0.25, 0.3) is 0 Å². The second-order valence-corrected chi connectivity index (χ2v) is 19.5. The number of phenols is 1. The molecular weight excluding hydrogens is 1040 g/mol. The standard InChI is InChI=1S/C54H60F7N9O8/c1-29(2)19-42(50(76)68-43(24-34-27-63-41-8-5-4-7-39(34)41)49(75)64-26-33-20-35(53(56,57)58)25-36(21-33)54(59,60)61)69-51(77)45-9-6-18-70(45)52(78)44(23-32-10-14-37(55)15-11-32)67-46(72)28-65-47(73)30(3)66-48(74)40(62)22-31-12-16-38(71)17-13-31/h4-5,7-8,10-17,20-21,25,27,29-30,40,42-45,63,71H,6,9,18-19,22-24,26,28,62H2,1-3H3,(H,64,75)(H,65,73)(H,66,74)(H,67,72)(H,68,76)(H,69,77)/t30-,40-,42-,43-,44-,45-/m0/s1. The zero-order valence-electron chi connectivity index (χ0n) is 42.6. The van der Waals surface area contributed by atoms with E-state index in [9.17, 15) is 69.4 Å². The number of fused-ring (bicyclic) bond motifs is 1. The average Bonchev–Trinajstić information content (AvgIpc) is 4.06. The fourth-order valence-electron chi connectivity index (χ4n) is 8.90. The number of phenolic OH excluding ortho intramolecular Hbond substituents is 1. The summed E-state index contributed by atoms with van der Waals surface area (Å²) in [7, 11) is 0. The van der Waals surface area contributed by atoms with Crippen molar-refractivity contribution >= 4 is 52.3 Å². The Bertz CT molecular complexity index is 2920. The van der Waals surface area contributed by atoms with Gasteiger partial charge in [0, 0.05) is 43.0 Å². The predicted molar refractivity (Wildman–Crippen MR) is 271 cm³/mol. The molecule has 6 atom stereocenters. The molecule has 0 unspecified atom stereocenters. The van der Waals surface area contributed by atoms with Gasteiger partial charge in [-0.2, -0.15) is 26.3 Å². The molecular formula is C54H60F7N9O8. The summed E-state index contributed by atoms with van der Waals surface area (Å²) in [6.45, 7) is 3.43. The Kier molecular flexibility index (Phi) is 19.7. The molecule has 2 heterocycles. The molecule has 5 aromatic rings. The van der Waals surface area contributed by atoms with Crippen LogP contribution in [0.4, 0.5) is 30.7 Å². The van der Waals surface area contributed by atoms with E-state index >= 15 is 0 Å². The number of para-hydroxylation sites is 1. The first kappa shape index (κ1) is 59.2. The van der Waals surface area contributed by atoms with Gasteiger partial charge in [-0.05, 0) is 109 Å². The number of aromatic amines is 1. The number of likely N-dealkylation sites (tertiary alicyclic amines) is 1. The second kappa shape index (κ2) is 25.9. The van der Waals surface area contributed by atoms with Gasteiger partial charge in [0.2, 0.25) is 41.4 Å². The lowest BCUT2D eigenvalue weighted by molar-refractivity contribution is -0.143. The van der Waals surface area contributed by atoms with Crippen LogP contribution < -0.4 is 37.6 Å². The van der Waals surface area contributed by atoms with Gasteiger partial charge in [0.15, 0.2) is 0 Å². The molecule has 418 valence electrons. The summed E-state index contributed by atoms with van der Waals surface area (Å²) in [6, 6.07) is 11.3. The van der Waals surface area contributed by atoms with Crippen molar-refractivity contribution < 1.29 is 69.4 Å². The maximum absolute atomic E-state index is 14.5. The summed E-state index contributed by atoms with van der Waals surface area (Å²) < 4.78 is 96.1. The molecule has 0 aliphatic carbocycles. The van der Waals surface area contributed by atoms with Crippen molar-refractivity contribution in [2.24, 2.45) is 11.7 Å².